The average Bonchev–Trinajstić information content (AvgIpc) is 2.54. The van der Waals surface area contributed by atoms with E-state index >= 15 is 0 Å². The predicted molar refractivity (Wildman–Crippen MR) is 76.5 cm³/mol. The van der Waals surface area contributed by atoms with E-state index in [1.807, 2.05) is 11.7 Å². The fourth-order valence-corrected chi connectivity index (χ4v) is 2.82. The zero-order chi connectivity index (χ0) is 13.3. The number of hydrogen-bond acceptors (Lipinski definition) is 2. The molecule has 2 N–H and O–H groups in total. The monoisotopic (exact) mass is 245 g/mol. The molecule has 98 valence electrons. The zero-order valence-electron chi connectivity index (χ0n) is 11.8. The Morgan fingerprint density at radius 1 is 1.33 bits per heavy atom. The SMILES string of the molecule is CC(N)CC(C)(C)Cc1nn(C)c2ccccc12. The van der Waals surface area contributed by atoms with Gasteiger partial charge in [0.2, 0.25) is 0 Å². The van der Waals surface area contributed by atoms with E-state index in [2.05, 4.69) is 50.1 Å². The second-order valence-electron chi connectivity index (χ2n) is 6.11. The van der Waals surface area contributed by atoms with Gasteiger partial charge in [-0.2, -0.15) is 5.10 Å². The lowest BCUT2D eigenvalue weighted by molar-refractivity contribution is 0.306. The molecular formula is C15H23N3. The van der Waals surface area contributed by atoms with Gasteiger partial charge in [0.15, 0.2) is 0 Å². The molecule has 0 aliphatic rings. The number of rotatable bonds is 4. The van der Waals surface area contributed by atoms with Gasteiger partial charge in [0.1, 0.15) is 0 Å². The fourth-order valence-electron chi connectivity index (χ4n) is 2.82. The van der Waals surface area contributed by atoms with E-state index in [-0.39, 0.29) is 11.5 Å². The van der Waals surface area contributed by atoms with Gasteiger partial charge in [-0.15, -0.1) is 0 Å². The molecule has 0 saturated heterocycles. The molecule has 18 heavy (non-hydrogen) atoms. The molecule has 1 aromatic heterocycles. The third kappa shape index (κ3) is 2.72. The number of aromatic nitrogens is 2. The summed E-state index contributed by atoms with van der Waals surface area (Å²) >= 11 is 0. The van der Waals surface area contributed by atoms with Crippen LogP contribution in [-0.2, 0) is 13.5 Å². The number of nitrogens with two attached hydrogens (primary N) is 1. The van der Waals surface area contributed by atoms with Crippen LogP contribution in [0.1, 0.15) is 32.9 Å². The summed E-state index contributed by atoms with van der Waals surface area (Å²) in [4.78, 5) is 0. The van der Waals surface area contributed by atoms with Crippen LogP contribution in [0.5, 0.6) is 0 Å². The van der Waals surface area contributed by atoms with Gasteiger partial charge < -0.3 is 5.73 Å². The summed E-state index contributed by atoms with van der Waals surface area (Å²) in [6.45, 7) is 6.60. The summed E-state index contributed by atoms with van der Waals surface area (Å²) in [5.74, 6) is 0. The highest BCUT2D eigenvalue weighted by Crippen LogP contribution is 2.29. The Balaban J connectivity index is 2.32. The maximum absolute atomic E-state index is 5.92. The summed E-state index contributed by atoms with van der Waals surface area (Å²) in [5, 5.41) is 5.92. The lowest BCUT2D eigenvalue weighted by atomic mass is 9.81. The van der Waals surface area contributed by atoms with E-state index in [0.717, 1.165) is 12.8 Å². The molecule has 2 aromatic rings. The van der Waals surface area contributed by atoms with Crippen molar-refractivity contribution in [2.24, 2.45) is 18.2 Å². The van der Waals surface area contributed by atoms with E-state index in [9.17, 15) is 0 Å². The van der Waals surface area contributed by atoms with Gasteiger partial charge in [-0.05, 0) is 31.2 Å². The Hall–Kier alpha value is -1.35. The third-order valence-corrected chi connectivity index (χ3v) is 3.35. The molecule has 0 radical (unpaired) electrons. The van der Waals surface area contributed by atoms with Crippen molar-refractivity contribution in [2.45, 2.75) is 39.7 Å². The number of para-hydroxylation sites is 1. The van der Waals surface area contributed by atoms with Crippen molar-refractivity contribution in [3.05, 3.63) is 30.0 Å². The zero-order valence-corrected chi connectivity index (χ0v) is 11.8. The molecule has 0 amide bonds. The highest BCUT2D eigenvalue weighted by atomic mass is 15.3. The van der Waals surface area contributed by atoms with Crippen LogP contribution in [0.15, 0.2) is 24.3 Å². The van der Waals surface area contributed by atoms with Crippen molar-refractivity contribution in [1.29, 1.82) is 0 Å². The van der Waals surface area contributed by atoms with Crippen LogP contribution < -0.4 is 5.73 Å². The van der Waals surface area contributed by atoms with Crippen molar-refractivity contribution in [3.63, 3.8) is 0 Å². The molecule has 0 fully saturated rings. The van der Waals surface area contributed by atoms with E-state index in [1.54, 1.807) is 0 Å². The maximum atomic E-state index is 5.92. The van der Waals surface area contributed by atoms with Crippen LogP contribution >= 0.6 is 0 Å². The highest BCUT2D eigenvalue weighted by Gasteiger charge is 2.23. The lowest BCUT2D eigenvalue weighted by Gasteiger charge is -2.25. The van der Waals surface area contributed by atoms with Crippen molar-refractivity contribution in [2.75, 3.05) is 0 Å². The number of hydrogen-bond donors (Lipinski definition) is 1. The molecule has 1 unspecified atom stereocenters. The summed E-state index contributed by atoms with van der Waals surface area (Å²) in [5.41, 5.74) is 8.49. The Labute approximate surface area is 109 Å². The Bertz CT molecular complexity index is 538. The molecule has 0 aliphatic carbocycles. The van der Waals surface area contributed by atoms with Crippen molar-refractivity contribution in [3.8, 4) is 0 Å². The molecule has 1 atom stereocenters. The topological polar surface area (TPSA) is 43.8 Å². The summed E-state index contributed by atoms with van der Waals surface area (Å²) in [6.07, 6.45) is 1.98. The summed E-state index contributed by atoms with van der Waals surface area (Å²) < 4.78 is 1.96. The van der Waals surface area contributed by atoms with E-state index in [0.29, 0.717) is 0 Å². The van der Waals surface area contributed by atoms with E-state index in [4.69, 9.17) is 5.73 Å². The first kappa shape index (κ1) is 13.1. The van der Waals surface area contributed by atoms with Crippen LogP contribution in [0, 0.1) is 5.41 Å². The van der Waals surface area contributed by atoms with Gasteiger partial charge in [-0.1, -0.05) is 32.0 Å². The van der Waals surface area contributed by atoms with Crippen LogP contribution in [0.2, 0.25) is 0 Å². The fraction of sp³-hybridized carbons (Fsp3) is 0.533. The van der Waals surface area contributed by atoms with Gasteiger partial charge >= 0.3 is 0 Å². The van der Waals surface area contributed by atoms with E-state index < -0.39 is 0 Å². The van der Waals surface area contributed by atoms with Crippen molar-refractivity contribution >= 4 is 10.9 Å². The first-order valence-electron chi connectivity index (χ1n) is 6.55. The molecule has 1 heterocycles. The summed E-state index contributed by atoms with van der Waals surface area (Å²) in [6, 6.07) is 8.63. The smallest absolute Gasteiger partial charge is 0.0708 e. The number of benzene rings is 1. The van der Waals surface area contributed by atoms with Crippen LogP contribution in [0.25, 0.3) is 10.9 Å². The number of aryl methyl sites for hydroxylation is 1. The van der Waals surface area contributed by atoms with Gasteiger partial charge in [0, 0.05) is 18.5 Å². The highest BCUT2D eigenvalue weighted by molar-refractivity contribution is 5.81. The number of fused-ring (bicyclic) bond motifs is 1. The Morgan fingerprint density at radius 3 is 2.67 bits per heavy atom. The molecule has 3 nitrogen and oxygen atoms in total. The minimum Gasteiger partial charge on any atom is -0.328 e. The maximum Gasteiger partial charge on any atom is 0.0708 e. The largest absolute Gasteiger partial charge is 0.328 e. The van der Waals surface area contributed by atoms with Gasteiger partial charge in [0.05, 0.1) is 11.2 Å². The molecule has 2 rings (SSSR count). The minimum absolute atomic E-state index is 0.186. The van der Waals surface area contributed by atoms with Crippen molar-refractivity contribution < 1.29 is 0 Å². The summed E-state index contributed by atoms with van der Waals surface area (Å²) in [7, 11) is 2.00. The first-order valence-corrected chi connectivity index (χ1v) is 6.55. The van der Waals surface area contributed by atoms with Crippen molar-refractivity contribution in [1.82, 2.24) is 9.78 Å². The molecule has 0 saturated carbocycles. The Kier molecular flexibility index (Phi) is 3.44. The molecule has 1 aromatic carbocycles. The molecular weight excluding hydrogens is 222 g/mol. The van der Waals surface area contributed by atoms with Gasteiger partial charge in [-0.3, -0.25) is 4.68 Å². The lowest BCUT2D eigenvalue weighted by Crippen LogP contribution is -2.26. The third-order valence-electron chi connectivity index (χ3n) is 3.35. The van der Waals surface area contributed by atoms with E-state index in [1.165, 1.54) is 16.6 Å². The minimum atomic E-state index is 0.186. The standard InChI is InChI=1S/C15H23N3/c1-11(16)9-15(2,3)10-13-12-7-5-6-8-14(12)18(4)17-13/h5-8,11H,9-10,16H2,1-4H3. The molecule has 3 heteroatoms. The van der Waals surface area contributed by atoms with Gasteiger partial charge in [-0.25, -0.2) is 0 Å². The molecule has 0 aliphatic heterocycles. The molecule has 0 spiro atoms. The normalized spacial score (nSPS) is 14.1. The second-order valence-corrected chi connectivity index (χ2v) is 6.11. The molecule has 0 bridgehead atoms. The average molecular weight is 245 g/mol. The predicted octanol–water partition coefficient (Wildman–Crippen LogP) is 2.88. The Morgan fingerprint density at radius 2 is 2.00 bits per heavy atom. The van der Waals surface area contributed by atoms with Crippen LogP contribution in [0.4, 0.5) is 0 Å². The first-order chi connectivity index (χ1) is 8.39. The van der Waals surface area contributed by atoms with Gasteiger partial charge in [0.25, 0.3) is 0 Å². The van der Waals surface area contributed by atoms with Crippen LogP contribution in [-0.4, -0.2) is 15.8 Å². The quantitative estimate of drug-likeness (QED) is 0.900. The number of nitrogens with zero attached hydrogens (tertiary/aromatic N) is 2. The van der Waals surface area contributed by atoms with Crippen LogP contribution in [0.3, 0.4) is 0 Å². The second kappa shape index (κ2) is 4.73.